The molecule has 0 bridgehead atoms. The number of pyridine rings is 1. The Hall–Kier alpha value is -3.32. The Morgan fingerprint density at radius 3 is 2.47 bits per heavy atom. The summed E-state index contributed by atoms with van der Waals surface area (Å²) in [6.07, 6.45) is 3.49. The van der Waals surface area contributed by atoms with Gasteiger partial charge in [0.15, 0.2) is 5.65 Å². The minimum Gasteiger partial charge on any atom is -0.352 e. The number of nitrogens with one attached hydrogen (secondary N) is 1. The number of hydrogen-bond donors (Lipinski definition) is 1. The Balaban J connectivity index is 1.70. The van der Waals surface area contributed by atoms with Gasteiger partial charge in [0.2, 0.25) is 0 Å². The minimum absolute atomic E-state index is 0.289. The lowest BCUT2D eigenvalue weighted by molar-refractivity contribution is 0.404. The highest BCUT2D eigenvalue weighted by Crippen LogP contribution is 2.33. The average Bonchev–Trinajstić information content (AvgIpc) is 3.12. The molecule has 4 aromatic rings. The third-order valence-electron chi connectivity index (χ3n) is 5.40. The molecule has 1 aliphatic heterocycles. The van der Waals surface area contributed by atoms with Crippen molar-refractivity contribution >= 4 is 11.5 Å². The monoisotopic (exact) mass is 402 g/mol. The van der Waals surface area contributed by atoms with Gasteiger partial charge in [-0.2, -0.15) is 0 Å². The van der Waals surface area contributed by atoms with Crippen LogP contribution in [0, 0.1) is 5.82 Å². The lowest BCUT2D eigenvalue weighted by atomic mass is 10.1. The number of benzene rings is 1. The summed E-state index contributed by atoms with van der Waals surface area (Å²) in [6, 6.07) is 15.1. The van der Waals surface area contributed by atoms with E-state index in [1.165, 1.54) is 12.1 Å². The molecule has 1 aromatic carbocycles. The van der Waals surface area contributed by atoms with Crippen LogP contribution in [-0.4, -0.2) is 44.8 Å². The normalized spacial score (nSPS) is 19.4. The second-order valence-electron chi connectivity index (χ2n) is 7.89. The van der Waals surface area contributed by atoms with Crippen LogP contribution in [-0.2, 0) is 0 Å². The molecular formula is C23H23FN6. The van der Waals surface area contributed by atoms with E-state index in [2.05, 4.69) is 29.0 Å². The molecule has 0 saturated carbocycles. The summed E-state index contributed by atoms with van der Waals surface area (Å²) >= 11 is 0. The maximum Gasteiger partial charge on any atom is 0.155 e. The summed E-state index contributed by atoms with van der Waals surface area (Å²) in [6.45, 7) is 6.14. The molecule has 5 rings (SSSR count). The summed E-state index contributed by atoms with van der Waals surface area (Å²) < 4.78 is 15.8. The van der Waals surface area contributed by atoms with Crippen LogP contribution in [0.2, 0.25) is 0 Å². The Morgan fingerprint density at radius 2 is 1.73 bits per heavy atom. The Kier molecular flexibility index (Phi) is 4.67. The van der Waals surface area contributed by atoms with Crippen LogP contribution in [0.15, 0.2) is 60.9 Å². The van der Waals surface area contributed by atoms with Crippen molar-refractivity contribution in [3.8, 4) is 22.5 Å². The zero-order chi connectivity index (χ0) is 20.7. The number of rotatable bonds is 3. The van der Waals surface area contributed by atoms with E-state index < -0.39 is 0 Å². The van der Waals surface area contributed by atoms with Crippen molar-refractivity contribution in [2.45, 2.75) is 25.9 Å². The highest BCUT2D eigenvalue weighted by molar-refractivity contribution is 5.81. The summed E-state index contributed by atoms with van der Waals surface area (Å²) in [4.78, 5) is 11.2. The molecule has 7 heteroatoms. The van der Waals surface area contributed by atoms with Gasteiger partial charge in [0.25, 0.3) is 0 Å². The van der Waals surface area contributed by atoms with Gasteiger partial charge in [-0.25, -0.2) is 13.9 Å². The van der Waals surface area contributed by atoms with Crippen LogP contribution in [0.5, 0.6) is 0 Å². The fourth-order valence-electron chi connectivity index (χ4n) is 4.21. The van der Waals surface area contributed by atoms with Gasteiger partial charge in [-0.1, -0.05) is 12.1 Å². The number of fused-ring (bicyclic) bond motifs is 1. The lowest BCUT2D eigenvalue weighted by Gasteiger charge is -2.36. The van der Waals surface area contributed by atoms with Gasteiger partial charge in [-0.15, -0.1) is 5.10 Å². The molecule has 1 aliphatic rings. The van der Waals surface area contributed by atoms with Crippen LogP contribution in [0.25, 0.3) is 28.2 Å². The topological polar surface area (TPSA) is 58.4 Å². The van der Waals surface area contributed by atoms with E-state index in [9.17, 15) is 4.39 Å². The second-order valence-corrected chi connectivity index (χ2v) is 7.89. The van der Waals surface area contributed by atoms with Crippen molar-refractivity contribution < 1.29 is 4.39 Å². The first-order valence-corrected chi connectivity index (χ1v) is 10.2. The molecule has 2 atom stereocenters. The van der Waals surface area contributed by atoms with Gasteiger partial charge in [-0.05, 0) is 50.2 Å². The predicted molar refractivity (Wildman–Crippen MR) is 116 cm³/mol. The average molecular weight is 402 g/mol. The lowest BCUT2D eigenvalue weighted by Crippen LogP contribution is -2.54. The molecule has 0 radical (unpaired) electrons. The largest absolute Gasteiger partial charge is 0.352 e. The van der Waals surface area contributed by atoms with Crippen LogP contribution in [0.3, 0.4) is 0 Å². The third-order valence-corrected chi connectivity index (χ3v) is 5.40. The maximum absolute atomic E-state index is 13.9. The molecule has 0 spiro atoms. The van der Waals surface area contributed by atoms with Crippen molar-refractivity contribution in [2.24, 2.45) is 0 Å². The minimum atomic E-state index is -0.289. The standard InChI is InChI=1S/C23H23FN6/c1-15-13-29(14-16(2)26-15)21-7-6-20-27-22(18-4-3-5-19(24)12-18)23(30(20)28-21)17-8-10-25-11-9-17/h3-12,15-16,26H,13-14H2,1-2H3. The third kappa shape index (κ3) is 3.41. The van der Waals surface area contributed by atoms with Crippen molar-refractivity contribution in [2.75, 3.05) is 18.0 Å². The molecule has 152 valence electrons. The van der Waals surface area contributed by atoms with E-state index in [-0.39, 0.29) is 5.82 Å². The van der Waals surface area contributed by atoms with E-state index in [1.54, 1.807) is 18.5 Å². The van der Waals surface area contributed by atoms with E-state index in [0.717, 1.165) is 41.4 Å². The van der Waals surface area contributed by atoms with E-state index in [0.29, 0.717) is 17.8 Å². The van der Waals surface area contributed by atoms with Crippen LogP contribution in [0.4, 0.5) is 10.2 Å². The molecule has 0 aliphatic carbocycles. The van der Waals surface area contributed by atoms with Gasteiger partial charge in [0.05, 0.1) is 5.69 Å². The summed E-state index contributed by atoms with van der Waals surface area (Å²) in [5.74, 6) is 0.615. The molecule has 0 amide bonds. The molecule has 1 fully saturated rings. The summed E-state index contributed by atoms with van der Waals surface area (Å²) in [5, 5.41) is 8.50. The van der Waals surface area contributed by atoms with E-state index in [1.807, 2.05) is 34.8 Å². The molecule has 3 aromatic heterocycles. The summed E-state index contributed by atoms with van der Waals surface area (Å²) in [5.41, 5.74) is 3.91. The van der Waals surface area contributed by atoms with Crippen LogP contribution in [0.1, 0.15) is 13.8 Å². The van der Waals surface area contributed by atoms with Crippen molar-refractivity contribution in [1.82, 2.24) is 24.9 Å². The first-order valence-electron chi connectivity index (χ1n) is 10.2. The first kappa shape index (κ1) is 18.7. The Labute approximate surface area is 174 Å². The van der Waals surface area contributed by atoms with Crippen LogP contribution < -0.4 is 10.2 Å². The molecule has 6 nitrogen and oxygen atoms in total. The second kappa shape index (κ2) is 7.50. The number of hydrogen-bond acceptors (Lipinski definition) is 5. The number of anilines is 1. The molecule has 4 heterocycles. The smallest absolute Gasteiger partial charge is 0.155 e. The highest BCUT2D eigenvalue weighted by Gasteiger charge is 2.24. The predicted octanol–water partition coefficient (Wildman–Crippen LogP) is 3.78. The maximum atomic E-state index is 13.9. The number of halogens is 1. The van der Waals surface area contributed by atoms with E-state index in [4.69, 9.17) is 10.1 Å². The SMILES string of the molecule is CC1CN(c2ccc3nc(-c4cccc(F)c4)c(-c4ccncc4)n3n2)CC(C)N1. The van der Waals surface area contributed by atoms with Gasteiger partial charge >= 0.3 is 0 Å². The zero-order valence-corrected chi connectivity index (χ0v) is 17.0. The Bertz CT molecular complexity index is 1180. The zero-order valence-electron chi connectivity index (χ0n) is 17.0. The van der Waals surface area contributed by atoms with Crippen molar-refractivity contribution in [3.63, 3.8) is 0 Å². The number of aromatic nitrogens is 4. The van der Waals surface area contributed by atoms with Gasteiger partial charge < -0.3 is 10.2 Å². The summed E-state index contributed by atoms with van der Waals surface area (Å²) in [7, 11) is 0. The molecule has 1 saturated heterocycles. The molecule has 1 N–H and O–H groups in total. The van der Waals surface area contributed by atoms with E-state index >= 15 is 0 Å². The molecule has 2 unspecified atom stereocenters. The number of imidazole rings is 1. The first-order chi connectivity index (χ1) is 14.6. The molecule has 30 heavy (non-hydrogen) atoms. The fraction of sp³-hybridized carbons (Fsp3) is 0.261. The van der Waals surface area contributed by atoms with Crippen molar-refractivity contribution in [3.05, 3.63) is 66.7 Å². The van der Waals surface area contributed by atoms with Gasteiger partial charge in [0, 0.05) is 48.7 Å². The van der Waals surface area contributed by atoms with Gasteiger partial charge in [0.1, 0.15) is 17.3 Å². The number of piperazine rings is 1. The Morgan fingerprint density at radius 1 is 0.967 bits per heavy atom. The fourth-order valence-corrected chi connectivity index (χ4v) is 4.21. The molecular weight excluding hydrogens is 379 g/mol. The number of nitrogens with zero attached hydrogens (tertiary/aromatic N) is 5. The van der Waals surface area contributed by atoms with Gasteiger partial charge in [-0.3, -0.25) is 4.98 Å². The van der Waals surface area contributed by atoms with Crippen molar-refractivity contribution in [1.29, 1.82) is 0 Å². The van der Waals surface area contributed by atoms with Crippen LogP contribution >= 0.6 is 0 Å². The highest BCUT2D eigenvalue weighted by atomic mass is 19.1. The quantitative estimate of drug-likeness (QED) is 0.565.